The quantitative estimate of drug-likeness (QED) is 0.579. The predicted molar refractivity (Wildman–Crippen MR) is 126 cm³/mol. The van der Waals surface area contributed by atoms with Gasteiger partial charge in [0.25, 0.3) is 0 Å². The van der Waals surface area contributed by atoms with E-state index in [1.165, 1.54) is 22.3 Å². The third-order valence-corrected chi connectivity index (χ3v) is 7.49. The summed E-state index contributed by atoms with van der Waals surface area (Å²) in [6, 6.07) is 16.4. The van der Waals surface area contributed by atoms with Crippen LogP contribution in [0.5, 0.6) is 0 Å². The van der Waals surface area contributed by atoms with Crippen molar-refractivity contribution in [3.05, 3.63) is 59.7 Å². The molecular weight excluding hydrogens is 432 g/mol. The van der Waals surface area contributed by atoms with E-state index in [0.717, 1.165) is 19.3 Å². The molecule has 2 amide bonds. The zero-order valence-corrected chi connectivity index (χ0v) is 19.0. The zero-order valence-electron chi connectivity index (χ0n) is 19.0. The molecule has 0 aliphatic heterocycles. The van der Waals surface area contributed by atoms with Gasteiger partial charge in [-0.2, -0.15) is 0 Å². The number of carboxylic acid groups (broad SMARTS) is 1. The molecule has 2 aromatic rings. The van der Waals surface area contributed by atoms with Gasteiger partial charge in [-0.05, 0) is 53.9 Å². The first-order chi connectivity index (χ1) is 16.5. The number of hydrogen-bond acceptors (Lipinski definition) is 4. The second-order valence-electron chi connectivity index (χ2n) is 9.72. The van der Waals surface area contributed by atoms with Crippen LogP contribution in [0, 0.1) is 17.8 Å². The Kier molecular flexibility index (Phi) is 6.26. The van der Waals surface area contributed by atoms with Crippen LogP contribution >= 0.6 is 0 Å². The van der Waals surface area contributed by atoms with Crippen molar-refractivity contribution in [2.24, 2.45) is 17.8 Å². The molecule has 4 atom stereocenters. The minimum Gasteiger partial charge on any atom is -0.481 e. The second-order valence-corrected chi connectivity index (χ2v) is 9.72. The third-order valence-electron chi connectivity index (χ3n) is 7.49. The van der Waals surface area contributed by atoms with Crippen molar-refractivity contribution in [1.29, 1.82) is 0 Å². The van der Waals surface area contributed by atoms with E-state index in [-0.39, 0.29) is 42.2 Å². The van der Waals surface area contributed by atoms with Gasteiger partial charge in [0.15, 0.2) is 0 Å². The SMILES string of the molecule is O=C(N[C@@H]1CCC[C@@H](C(=O)NC[C@@H]2C[C@@H]2C(=O)O)C1)OCC1c2ccccc2-c2ccccc21. The molecule has 0 saturated heterocycles. The Morgan fingerprint density at radius 3 is 2.26 bits per heavy atom. The number of aliphatic carboxylic acids is 1. The standard InChI is InChI=1S/C27H30N2O5/c30-25(28-14-17-13-23(17)26(31)32)16-6-5-7-18(12-16)29-27(33)34-15-24-21-10-3-1-8-19(21)20-9-2-4-11-22(20)24/h1-4,8-11,16-18,23-24H,5-7,12-15H2,(H,28,30)(H,29,33)(H,31,32)/t16-,17+,18-,23+/m1/s1. The fourth-order valence-corrected chi connectivity index (χ4v) is 5.52. The highest BCUT2D eigenvalue weighted by Crippen LogP contribution is 2.44. The summed E-state index contributed by atoms with van der Waals surface area (Å²) in [6.07, 6.45) is 3.21. The van der Waals surface area contributed by atoms with Crippen molar-refractivity contribution >= 4 is 18.0 Å². The van der Waals surface area contributed by atoms with Crippen molar-refractivity contribution in [3.8, 4) is 11.1 Å². The van der Waals surface area contributed by atoms with Gasteiger partial charge in [0.1, 0.15) is 6.61 Å². The van der Waals surface area contributed by atoms with Gasteiger partial charge in [-0.3, -0.25) is 9.59 Å². The Labute approximate surface area is 198 Å². The Bertz CT molecular complexity index is 1050. The van der Waals surface area contributed by atoms with E-state index in [2.05, 4.69) is 34.9 Å². The lowest BCUT2D eigenvalue weighted by atomic mass is 9.85. The molecule has 0 aromatic heterocycles. The molecule has 34 heavy (non-hydrogen) atoms. The van der Waals surface area contributed by atoms with Crippen molar-refractivity contribution in [2.45, 2.75) is 44.1 Å². The van der Waals surface area contributed by atoms with Crippen LogP contribution in [-0.4, -0.2) is 42.3 Å². The summed E-state index contributed by atoms with van der Waals surface area (Å²) in [5.74, 6) is -1.27. The number of rotatable bonds is 7. The van der Waals surface area contributed by atoms with Gasteiger partial charge in [-0.1, -0.05) is 55.0 Å². The van der Waals surface area contributed by atoms with Gasteiger partial charge in [0, 0.05) is 24.4 Å². The summed E-state index contributed by atoms with van der Waals surface area (Å²) in [6.45, 7) is 0.680. The fourth-order valence-electron chi connectivity index (χ4n) is 5.52. The molecule has 0 radical (unpaired) electrons. The number of amides is 2. The molecule has 0 spiro atoms. The number of benzene rings is 2. The molecule has 0 unspecified atom stereocenters. The van der Waals surface area contributed by atoms with E-state index in [4.69, 9.17) is 9.84 Å². The first-order valence-corrected chi connectivity index (χ1v) is 12.1. The molecule has 178 valence electrons. The highest BCUT2D eigenvalue weighted by Gasteiger charge is 2.43. The Morgan fingerprint density at radius 1 is 0.941 bits per heavy atom. The summed E-state index contributed by atoms with van der Waals surface area (Å²) in [5, 5.41) is 14.9. The zero-order chi connectivity index (χ0) is 23.7. The van der Waals surface area contributed by atoms with Gasteiger partial charge in [-0.25, -0.2) is 4.79 Å². The maximum Gasteiger partial charge on any atom is 0.407 e. The molecule has 3 aliphatic carbocycles. The molecule has 0 bridgehead atoms. The molecular formula is C27H30N2O5. The predicted octanol–water partition coefficient (Wildman–Crippen LogP) is 3.92. The molecule has 3 aliphatic rings. The van der Waals surface area contributed by atoms with E-state index in [0.29, 0.717) is 19.4 Å². The first-order valence-electron chi connectivity index (χ1n) is 12.1. The topological polar surface area (TPSA) is 105 Å². The number of alkyl carbamates (subject to hydrolysis) is 1. The van der Waals surface area contributed by atoms with Crippen LogP contribution in [0.3, 0.4) is 0 Å². The summed E-state index contributed by atoms with van der Waals surface area (Å²) in [4.78, 5) is 36.1. The third kappa shape index (κ3) is 4.65. The first kappa shape index (κ1) is 22.4. The summed E-state index contributed by atoms with van der Waals surface area (Å²) in [7, 11) is 0. The Morgan fingerprint density at radius 2 is 1.62 bits per heavy atom. The highest BCUT2D eigenvalue weighted by molar-refractivity contribution is 5.80. The van der Waals surface area contributed by atoms with Crippen molar-refractivity contribution in [3.63, 3.8) is 0 Å². The molecule has 3 N–H and O–H groups in total. The maximum atomic E-state index is 12.6. The van der Waals surface area contributed by atoms with Crippen LogP contribution in [0.4, 0.5) is 4.79 Å². The van der Waals surface area contributed by atoms with Gasteiger partial charge in [-0.15, -0.1) is 0 Å². The Hall–Kier alpha value is -3.35. The fraction of sp³-hybridized carbons (Fsp3) is 0.444. The molecule has 2 fully saturated rings. The number of nitrogens with one attached hydrogen (secondary N) is 2. The van der Waals surface area contributed by atoms with Crippen molar-refractivity contribution < 1.29 is 24.2 Å². The lowest BCUT2D eigenvalue weighted by molar-refractivity contribution is -0.139. The summed E-state index contributed by atoms with van der Waals surface area (Å²) < 4.78 is 5.65. The number of fused-ring (bicyclic) bond motifs is 3. The molecule has 2 saturated carbocycles. The van der Waals surface area contributed by atoms with Gasteiger partial charge >= 0.3 is 12.1 Å². The van der Waals surface area contributed by atoms with E-state index in [1.807, 2.05) is 24.3 Å². The minimum atomic E-state index is -0.788. The Balaban J connectivity index is 1.11. The van der Waals surface area contributed by atoms with Gasteiger partial charge in [0.2, 0.25) is 5.91 Å². The molecule has 7 heteroatoms. The molecule has 7 nitrogen and oxygen atoms in total. The van der Waals surface area contributed by atoms with Gasteiger partial charge in [0.05, 0.1) is 5.92 Å². The van der Waals surface area contributed by atoms with Crippen molar-refractivity contribution in [2.75, 3.05) is 13.2 Å². The molecule has 2 aromatic carbocycles. The average molecular weight is 463 g/mol. The number of carbonyl (C=O) groups is 3. The molecule has 0 heterocycles. The number of ether oxygens (including phenoxy) is 1. The van der Waals surface area contributed by atoms with Crippen molar-refractivity contribution in [1.82, 2.24) is 10.6 Å². The normalized spacial score (nSPS) is 25.1. The van der Waals surface area contributed by atoms with Crippen LogP contribution in [0.2, 0.25) is 0 Å². The molecule has 5 rings (SSSR count). The van der Waals surface area contributed by atoms with E-state index in [9.17, 15) is 14.4 Å². The largest absolute Gasteiger partial charge is 0.481 e. The van der Waals surface area contributed by atoms with Crippen LogP contribution < -0.4 is 10.6 Å². The highest BCUT2D eigenvalue weighted by atomic mass is 16.5. The van der Waals surface area contributed by atoms with Gasteiger partial charge < -0.3 is 20.5 Å². The van der Waals surface area contributed by atoms with Crippen LogP contribution in [0.15, 0.2) is 48.5 Å². The smallest absolute Gasteiger partial charge is 0.407 e. The number of carbonyl (C=O) groups excluding carboxylic acids is 2. The number of hydrogen-bond donors (Lipinski definition) is 3. The second kappa shape index (κ2) is 9.49. The van der Waals surface area contributed by atoms with E-state index < -0.39 is 12.1 Å². The lowest BCUT2D eigenvalue weighted by Crippen LogP contribution is -2.43. The maximum absolute atomic E-state index is 12.6. The minimum absolute atomic E-state index is 0.0140. The van der Waals surface area contributed by atoms with E-state index in [1.54, 1.807) is 0 Å². The summed E-state index contributed by atoms with van der Waals surface area (Å²) >= 11 is 0. The van der Waals surface area contributed by atoms with Crippen LogP contribution in [0.25, 0.3) is 11.1 Å². The monoisotopic (exact) mass is 462 g/mol. The average Bonchev–Trinajstić information content (AvgIpc) is 3.57. The van der Waals surface area contributed by atoms with Crippen LogP contribution in [-0.2, 0) is 14.3 Å². The lowest BCUT2D eigenvalue weighted by Gasteiger charge is -2.29. The number of carboxylic acids is 1. The summed E-state index contributed by atoms with van der Waals surface area (Å²) in [5.41, 5.74) is 4.72. The van der Waals surface area contributed by atoms with E-state index >= 15 is 0 Å². The van der Waals surface area contributed by atoms with Crippen LogP contribution in [0.1, 0.15) is 49.1 Å².